The van der Waals surface area contributed by atoms with E-state index in [0.29, 0.717) is 12.2 Å². The zero-order chi connectivity index (χ0) is 17.7. The molecular weight excluding hydrogens is 280 g/mol. The Morgan fingerprint density at radius 1 is 1.00 bits per heavy atom. The van der Waals surface area contributed by atoms with Crippen molar-refractivity contribution in [3.8, 4) is 5.75 Å². The highest BCUT2D eigenvalue weighted by Crippen LogP contribution is 2.39. The summed E-state index contributed by atoms with van der Waals surface area (Å²) < 4.78 is 0. The molecule has 0 atom stereocenters. The summed E-state index contributed by atoms with van der Waals surface area (Å²) >= 11 is 0. The van der Waals surface area contributed by atoms with Crippen molar-refractivity contribution in [3.05, 3.63) is 28.8 Å². The molecule has 1 aromatic rings. The van der Waals surface area contributed by atoms with Crippen LogP contribution in [-0.2, 0) is 22.0 Å². The molecule has 0 aliphatic heterocycles. The van der Waals surface area contributed by atoms with Gasteiger partial charge in [0.1, 0.15) is 5.75 Å². The van der Waals surface area contributed by atoms with Gasteiger partial charge in [-0.15, -0.1) is 0 Å². The third-order valence-corrected chi connectivity index (χ3v) is 3.41. The van der Waals surface area contributed by atoms with Gasteiger partial charge in [-0.2, -0.15) is 7.11 Å². The van der Waals surface area contributed by atoms with Gasteiger partial charge >= 0.3 is 5.97 Å². The Kier molecular flexibility index (Phi) is 7.10. The number of carboxylic acids is 1. The van der Waals surface area contributed by atoms with E-state index in [9.17, 15) is 9.90 Å². The van der Waals surface area contributed by atoms with E-state index in [1.165, 1.54) is 0 Å². The van der Waals surface area contributed by atoms with Crippen LogP contribution < -0.4 is 5.11 Å². The fourth-order valence-corrected chi connectivity index (χ4v) is 2.23. The second-order valence-corrected chi connectivity index (χ2v) is 7.43. The number of phenols is 1. The molecule has 0 saturated heterocycles. The number of aliphatic carboxylic acids is 1. The lowest BCUT2D eigenvalue weighted by molar-refractivity contribution is -0.325. The lowest BCUT2D eigenvalue weighted by Gasteiger charge is -2.28. The van der Waals surface area contributed by atoms with Gasteiger partial charge in [-0.25, -0.2) is 0 Å². The fraction of sp³-hybridized carbons (Fsp3) is 0.611. The molecule has 0 unspecified atom stereocenters. The lowest BCUT2D eigenvalue weighted by Crippen LogP contribution is -2.18. The first-order valence-electron chi connectivity index (χ1n) is 7.42. The van der Waals surface area contributed by atoms with E-state index in [0.717, 1.165) is 23.8 Å². The van der Waals surface area contributed by atoms with E-state index < -0.39 is 5.97 Å². The van der Waals surface area contributed by atoms with Gasteiger partial charge in [-0.1, -0.05) is 53.7 Å². The molecule has 126 valence electrons. The summed E-state index contributed by atoms with van der Waals surface area (Å²) in [5.41, 5.74) is 2.38. The molecule has 4 heteroatoms. The zero-order valence-corrected chi connectivity index (χ0v) is 14.8. The minimum absolute atomic E-state index is 0.109. The van der Waals surface area contributed by atoms with Crippen LogP contribution in [0, 0.1) is 0 Å². The van der Waals surface area contributed by atoms with Gasteiger partial charge in [-0.3, -0.25) is 4.79 Å². The maximum absolute atomic E-state index is 10.8. The monoisotopic (exact) mass is 309 g/mol. The average Bonchev–Trinajstić information content (AvgIpc) is 2.37. The number of hydrogen-bond acceptors (Lipinski definition) is 3. The number of benzene rings is 1. The molecule has 1 rings (SSSR count). The summed E-state index contributed by atoms with van der Waals surface area (Å²) in [6.45, 7) is 12.3. The normalized spacial score (nSPS) is 11.6. The van der Waals surface area contributed by atoms with Gasteiger partial charge in [0.2, 0.25) is 0 Å². The minimum Gasteiger partial charge on any atom is -0.857 e. The van der Waals surface area contributed by atoms with Crippen LogP contribution in [0.3, 0.4) is 0 Å². The molecule has 0 aliphatic rings. The molecule has 0 amide bonds. The van der Waals surface area contributed by atoms with E-state index >= 15 is 0 Å². The predicted molar refractivity (Wildman–Crippen MR) is 87.4 cm³/mol. The summed E-state index contributed by atoms with van der Waals surface area (Å²) in [6.07, 6.45) is 0.597. The first kappa shape index (κ1) is 20.5. The Labute approximate surface area is 133 Å². The number of rotatable bonds is 3. The summed E-state index contributed by atoms with van der Waals surface area (Å²) in [4.78, 5) is 10.8. The standard InChI is InChI=1S/C17H26O3.CH3O/c1-16(2,3)12-9-11(7-8-14(18)19)10-13(15(12)20)17(4,5)6;1-2/h9-10,20H,7-8H2,1-6H3,(H,18,19);1H3/q;-1. The molecule has 0 aliphatic carbocycles. The van der Waals surface area contributed by atoms with Crippen molar-refractivity contribution in [3.63, 3.8) is 0 Å². The van der Waals surface area contributed by atoms with Crippen molar-refractivity contribution >= 4 is 5.97 Å². The smallest absolute Gasteiger partial charge is 0.303 e. The molecule has 0 saturated carbocycles. The number of carboxylic acid groups (broad SMARTS) is 1. The van der Waals surface area contributed by atoms with Crippen LogP contribution in [0.25, 0.3) is 0 Å². The van der Waals surface area contributed by atoms with Crippen LogP contribution in [0.1, 0.15) is 64.7 Å². The third kappa shape index (κ3) is 5.68. The van der Waals surface area contributed by atoms with E-state index in [2.05, 4.69) is 41.5 Å². The van der Waals surface area contributed by atoms with E-state index in [1.807, 2.05) is 12.1 Å². The first-order chi connectivity index (χ1) is 9.93. The third-order valence-electron chi connectivity index (χ3n) is 3.41. The van der Waals surface area contributed by atoms with Crippen LogP contribution in [0.2, 0.25) is 0 Å². The second-order valence-electron chi connectivity index (χ2n) is 7.43. The van der Waals surface area contributed by atoms with Crippen molar-refractivity contribution in [1.29, 1.82) is 0 Å². The highest BCUT2D eigenvalue weighted by atomic mass is 16.4. The molecule has 2 N–H and O–H groups in total. The SMILES string of the molecule is CC(C)(C)c1cc(CCC(=O)O)cc(C(C)(C)C)c1O.C[O-]. The molecule has 0 heterocycles. The fourth-order valence-electron chi connectivity index (χ4n) is 2.23. The van der Waals surface area contributed by atoms with Crippen molar-refractivity contribution in [1.82, 2.24) is 0 Å². The number of carbonyl (C=O) groups is 1. The van der Waals surface area contributed by atoms with Gasteiger partial charge in [0, 0.05) is 6.42 Å². The Bertz CT molecular complexity index is 470. The molecular formula is C18H29O4-. The number of hydrogen-bond donors (Lipinski definition) is 2. The summed E-state index contributed by atoms with van der Waals surface area (Å²) in [5.74, 6) is -0.461. The number of aryl methyl sites for hydroxylation is 1. The second kappa shape index (κ2) is 7.63. The summed E-state index contributed by atoms with van der Waals surface area (Å²) in [6, 6.07) is 3.88. The van der Waals surface area contributed by atoms with Crippen molar-refractivity contribution in [2.45, 2.75) is 65.2 Å². The van der Waals surface area contributed by atoms with Crippen LogP contribution in [-0.4, -0.2) is 23.3 Å². The van der Waals surface area contributed by atoms with Crippen molar-refractivity contribution in [2.24, 2.45) is 0 Å². The molecule has 0 spiro atoms. The Balaban J connectivity index is 0.00000211. The zero-order valence-electron chi connectivity index (χ0n) is 14.8. The highest BCUT2D eigenvalue weighted by molar-refractivity contribution is 5.67. The maximum atomic E-state index is 10.8. The molecule has 0 bridgehead atoms. The van der Waals surface area contributed by atoms with Crippen LogP contribution in [0.4, 0.5) is 0 Å². The predicted octanol–water partition coefficient (Wildman–Crippen LogP) is 2.98. The minimum atomic E-state index is -0.798. The van der Waals surface area contributed by atoms with Crippen molar-refractivity contribution in [2.75, 3.05) is 7.11 Å². The van der Waals surface area contributed by atoms with Gasteiger partial charge in [0.25, 0.3) is 0 Å². The van der Waals surface area contributed by atoms with Gasteiger partial charge in [0.05, 0.1) is 0 Å². The highest BCUT2D eigenvalue weighted by Gasteiger charge is 2.26. The van der Waals surface area contributed by atoms with E-state index in [4.69, 9.17) is 10.2 Å². The van der Waals surface area contributed by atoms with Crippen molar-refractivity contribution < 1.29 is 20.1 Å². The Morgan fingerprint density at radius 3 is 1.64 bits per heavy atom. The molecule has 0 fully saturated rings. The summed E-state index contributed by atoms with van der Waals surface area (Å²) in [5, 5.41) is 27.6. The quantitative estimate of drug-likeness (QED) is 0.899. The van der Waals surface area contributed by atoms with Gasteiger partial charge in [-0.05, 0) is 33.9 Å². The summed E-state index contributed by atoms with van der Waals surface area (Å²) in [7, 11) is 0.750. The molecule has 0 aromatic heterocycles. The van der Waals surface area contributed by atoms with E-state index in [-0.39, 0.29) is 17.3 Å². The Morgan fingerprint density at radius 2 is 1.36 bits per heavy atom. The van der Waals surface area contributed by atoms with Crippen LogP contribution in [0.15, 0.2) is 12.1 Å². The molecule has 1 aromatic carbocycles. The Hall–Kier alpha value is -1.55. The van der Waals surface area contributed by atoms with Gasteiger partial charge < -0.3 is 15.3 Å². The molecule has 4 nitrogen and oxygen atoms in total. The van der Waals surface area contributed by atoms with E-state index in [1.54, 1.807) is 0 Å². The van der Waals surface area contributed by atoms with Crippen LogP contribution in [0.5, 0.6) is 5.75 Å². The number of aromatic hydroxyl groups is 1. The lowest BCUT2D eigenvalue weighted by atomic mass is 9.78. The van der Waals surface area contributed by atoms with Crippen LogP contribution >= 0.6 is 0 Å². The molecule has 22 heavy (non-hydrogen) atoms. The largest absolute Gasteiger partial charge is 0.857 e. The van der Waals surface area contributed by atoms with Gasteiger partial charge in [0.15, 0.2) is 0 Å². The topological polar surface area (TPSA) is 80.6 Å². The average molecular weight is 309 g/mol. The first-order valence-corrected chi connectivity index (χ1v) is 7.42. The molecule has 0 radical (unpaired) electrons. The number of phenolic OH excluding ortho intramolecular Hbond substituents is 1. The maximum Gasteiger partial charge on any atom is 0.303 e.